The summed E-state index contributed by atoms with van der Waals surface area (Å²) in [6.45, 7) is -1.03. The van der Waals surface area contributed by atoms with Crippen LogP contribution in [-0.4, -0.2) is 59.2 Å². The maximum absolute atomic E-state index is 12.8. The number of benzene rings is 2. The first-order valence-electron chi connectivity index (χ1n) is 11.5. The minimum absolute atomic E-state index is 0.00866. The highest BCUT2D eigenvalue weighted by Gasteiger charge is 2.46. The first kappa shape index (κ1) is 33.8. The van der Waals surface area contributed by atoms with Gasteiger partial charge in [0.25, 0.3) is 0 Å². The third-order valence-corrected chi connectivity index (χ3v) is 7.80. The van der Waals surface area contributed by atoms with E-state index in [0.717, 1.165) is 49.9 Å². The topological polar surface area (TPSA) is 96.4 Å². The van der Waals surface area contributed by atoms with E-state index in [2.05, 4.69) is 57.2 Å². The number of thiazole rings is 2. The molecule has 0 aliphatic rings. The minimum Gasteiger partial charge on any atom is -0.467 e. The molecule has 0 saturated carbocycles. The van der Waals surface area contributed by atoms with Crippen molar-refractivity contribution in [1.29, 1.82) is 0 Å². The molecule has 4 rings (SSSR count). The third kappa shape index (κ3) is 9.65. The molecule has 0 aliphatic heterocycles. The SMILES string of the molecule is COC(=O)[C@@H](Nc1nc(-c2ccc(Br)cc2)cs1)C(F)(F)F.OCC(Nc1nc(-c2ccc(Br)cc2)cs1)C(F)(F)F. The van der Waals surface area contributed by atoms with E-state index in [1.165, 1.54) is 0 Å². The summed E-state index contributed by atoms with van der Waals surface area (Å²) in [6.07, 6.45) is -9.28. The van der Waals surface area contributed by atoms with Crippen molar-refractivity contribution in [2.24, 2.45) is 0 Å². The average molecular weight is 762 g/mol. The zero-order chi connectivity index (χ0) is 31.1. The van der Waals surface area contributed by atoms with Gasteiger partial charge in [0.2, 0.25) is 6.04 Å². The van der Waals surface area contributed by atoms with Crippen LogP contribution in [0.4, 0.5) is 36.6 Å². The largest absolute Gasteiger partial charge is 0.467 e. The van der Waals surface area contributed by atoms with Crippen molar-refractivity contribution in [2.45, 2.75) is 24.4 Å². The molecule has 1 unspecified atom stereocenters. The van der Waals surface area contributed by atoms with Crippen LogP contribution in [-0.2, 0) is 9.53 Å². The maximum Gasteiger partial charge on any atom is 0.419 e. The number of hydrogen-bond acceptors (Lipinski definition) is 9. The van der Waals surface area contributed by atoms with E-state index in [1.54, 1.807) is 35.0 Å². The highest BCUT2D eigenvalue weighted by molar-refractivity contribution is 9.10. The molecule has 2 aromatic carbocycles. The van der Waals surface area contributed by atoms with Gasteiger partial charge in [-0.2, -0.15) is 26.3 Å². The lowest BCUT2D eigenvalue weighted by atomic mass is 10.2. The second kappa shape index (κ2) is 14.6. The minimum atomic E-state index is -4.77. The fourth-order valence-electron chi connectivity index (χ4n) is 3.08. The van der Waals surface area contributed by atoms with Crippen molar-refractivity contribution >= 4 is 70.8 Å². The summed E-state index contributed by atoms with van der Waals surface area (Å²) in [5.74, 6) is -1.41. The summed E-state index contributed by atoms with van der Waals surface area (Å²) < 4.78 is 82.0. The van der Waals surface area contributed by atoms with E-state index in [4.69, 9.17) is 5.11 Å². The van der Waals surface area contributed by atoms with Gasteiger partial charge in [0.1, 0.15) is 6.04 Å². The molecule has 0 spiro atoms. The van der Waals surface area contributed by atoms with E-state index in [1.807, 2.05) is 24.3 Å². The Hall–Kier alpha value is -2.73. The number of carbonyl (C=O) groups excluding carboxylic acids is 1. The van der Waals surface area contributed by atoms with Crippen LogP contribution in [0.15, 0.2) is 68.2 Å². The van der Waals surface area contributed by atoms with Crippen LogP contribution >= 0.6 is 54.5 Å². The molecule has 0 amide bonds. The van der Waals surface area contributed by atoms with Gasteiger partial charge >= 0.3 is 18.3 Å². The van der Waals surface area contributed by atoms with Gasteiger partial charge in [-0.1, -0.05) is 56.1 Å². The number of ether oxygens (including phenoxy) is 1. The van der Waals surface area contributed by atoms with Crippen LogP contribution in [0.1, 0.15) is 0 Å². The van der Waals surface area contributed by atoms with Gasteiger partial charge in [0, 0.05) is 30.8 Å². The first-order chi connectivity index (χ1) is 19.7. The monoisotopic (exact) mass is 760 g/mol. The standard InChI is InChI=1S/C13H10BrF3N2O2S.C12H10BrF3N2OS/c1-21-11(20)10(13(15,16)17)19-12-18-9(6-22-12)7-2-4-8(14)5-3-7;13-8-3-1-7(2-4-8)9-6-20-11(17-9)18-10(5-19)12(14,15)16/h2-6,10H,1H3,(H,18,19);1-4,6,10,19H,5H2,(H,17,18)/t10-;/m1./s1. The molecule has 0 bridgehead atoms. The molecular weight excluding hydrogens is 742 g/mol. The van der Waals surface area contributed by atoms with Crippen LogP contribution < -0.4 is 10.6 Å². The normalized spacial score (nSPS) is 13.0. The van der Waals surface area contributed by atoms with Crippen molar-refractivity contribution in [3.8, 4) is 22.5 Å². The van der Waals surface area contributed by atoms with Crippen LogP contribution in [0.3, 0.4) is 0 Å². The molecule has 226 valence electrons. The first-order valence-corrected chi connectivity index (χ1v) is 14.8. The van der Waals surface area contributed by atoms with E-state index >= 15 is 0 Å². The van der Waals surface area contributed by atoms with Crippen molar-refractivity contribution in [1.82, 2.24) is 9.97 Å². The van der Waals surface area contributed by atoms with Gasteiger partial charge in [-0.3, -0.25) is 0 Å². The number of anilines is 2. The quantitative estimate of drug-likeness (QED) is 0.124. The number of aliphatic hydroxyl groups is 1. The van der Waals surface area contributed by atoms with E-state index in [-0.39, 0.29) is 10.3 Å². The molecule has 3 N–H and O–H groups in total. The second-order valence-corrected chi connectivity index (χ2v) is 11.7. The van der Waals surface area contributed by atoms with Gasteiger partial charge < -0.3 is 20.5 Å². The lowest BCUT2D eigenvalue weighted by Gasteiger charge is -2.18. The summed E-state index contributed by atoms with van der Waals surface area (Å²) in [4.78, 5) is 19.4. The van der Waals surface area contributed by atoms with Gasteiger partial charge in [-0.15, -0.1) is 22.7 Å². The molecule has 2 atom stereocenters. The number of methoxy groups -OCH3 is 1. The number of alkyl halides is 6. The summed E-state index contributed by atoms with van der Waals surface area (Å²) in [5, 5.41) is 16.4. The predicted molar refractivity (Wildman–Crippen MR) is 157 cm³/mol. The van der Waals surface area contributed by atoms with Gasteiger partial charge in [0.15, 0.2) is 10.3 Å². The lowest BCUT2D eigenvalue weighted by Crippen LogP contribution is -2.43. The number of esters is 1. The zero-order valence-corrected chi connectivity index (χ0v) is 25.9. The molecule has 42 heavy (non-hydrogen) atoms. The van der Waals surface area contributed by atoms with E-state index in [9.17, 15) is 31.1 Å². The molecule has 7 nitrogen and oxygen atoms in total. The van der Waals surface area contributed by atoms with Crippen LogP contribution in [0.5, 0.6) is 0 Å². The van der Waals surface area contributed by atoms with E-state index < -0.39 is 37.0 Å². The van der Waals surface area contributed by atoms with Crippen molar-refractivity contribution in [3.05, 3.63) is 68.2 Å². The number of aliphatic hydroxyl groups excluding tert-OH is 1. The summed E-state index contributed by atoms with van der Waals surface area (Å²) >= 11 is 8.64. The van der Waals surface area contributed by atoms with Crippen LogP contribution in [0.2, 0.25) is 0 Å². The Balaban J connectivity index is 0.000000231. The van der Waals surface area contributed by atoms with Crippen LogP contribution in [0.25, 0.3) is 22.5 Å². The second-order valence-electron chi connectivity index (χ2n) is 8.15. The van der Waals surface area contributed by atoms with Crippen molar-refractivity contribution < 1.29 is 41.0 Å². The number of aromatic nitrogens is 2. The predicted octanol–water partition coefficient (Wildman–Crippen LogP) is 8.00. The van der Waals surface area contributed by atoms with Gasteiger partial charge in [-0.05, 0) is 24.3 Å². The Labute approximate surface area is 260 Å². The van der Waals surface area contributed by atoms with Crippen molar-refractivity contribution in [2.75, 3.05) is 24.4 Å². The molecule has 2 aromatic heterocycles. The molecule has 0 radical (unpaired) electrons. The number of hydrogen-bond donors (Lipinski definition) is 3. The fourth-order valence-corrected chi connectivity index (χ4v) is 5.13. The molecule has 2 heterocycles. The summed E-state index contributed by atoms with van der Waals surface area (Å²) in [7, 11) is 0.901. The average Bonchev–Trinajstić information content (AvgIpc) is 3.60. The summed E-state index contributed by atoms with van der Waals surface area (Å²) in [5.41, 5.74) is 2.67. The molecular formula is C25H20Br2F6N4O3S2. The molecule has 0 saturated heterocycles. The number of nitrogens with zero attached hydrogens (tertiary/aromatic N) is 2. The number of rotatable bonds is 8. The lowest BCUT2D eigenvalue weighted by molar-refractivity contribution is -0.173. The zero-order valence-electron chi connectivity index (χ0n) is 21.1. The number of nitrogens with one attached hydrogen (secondary N) is 2. The maximum atomic E-state index is 12.8. The van der Waals surface area contributed by atoms with Gasteiger partial charge in [-0.25, -0.2) is 14.8 Å². The molecule has 17 heteroatoms. The fraction of sp³-hybridized carbons (Fsp3) is 0.240. The molecule has 0 aliphatic carbocycles. The number of halogens is 8. The molecule has 0 fully saturated rings. The Morgan fingerprint density at radius 3 is 1.62 bits per heavy atom. The Kier molecular flexibility index (Phi) is 11.8. The Morgan fingerprint density at radius 1 is 0.833 bits per heavy atom. The highest BCUT2D eigenvalue weighted by atomic mass is 79.9. The Morgan fingerprint density at radius 2 is 1.26 bits per heavy atom. The summed E-state index contributed by atoms with van der Waals surface area (Å²) in [6, 6.07) is 10.0. The number of carbonyl (C=O) groups is 1. The Bertz CT molecular complexity index is 1450. The van der Waals surface area contributed by atoms with E-state index in [0.29, 0.717) is 11.4 Å². The molecule has 4 aromatic rings. The highest BCUT2D eigenvalue weighted by Crippen LogP contribution is 2.31. The van der Waals surface area contributed by atoms with Crippen LogP contribution in [0, 0.1) is 0 Å². The smallest absolute Gasteiger partial charge is 0.419 e. The van der Waals surface area contributed by atoms with Crippen molar-refractivity contribution in [3.63, 3.8) is 0 Å². The third-order valence-electron chi connectivity index (χ3n) is 5.20. The van der Waals surface area contributed by atoms with Gasteiger partial charge in [0.05, 0.1) is 25.1 Å².